The third-order valence-corrected chi connectivity index (χ3v) is 15.5. The highest BCUT2D eigenvalue weighted by Crippen LogP contribution is 2.50. The molecule has 7 fully saturated rings. The van der Waals surface area contributed by atoms with Crippen LogP contribution in [0, 0.1) is 0 Å². The molecule has 0 aliphatic carbocycles. The van der Waals surface area contributed by atoms with Crippen LogP contribution in [-0.2, 0) is 124 Å². The molecule has 0 unspecified atom stereocenters. The normalized spacial score (nSPS) is 35.6. The van der Waals surface area contributed by atoms with Gasteiger partial charge < -0.3 is 90.0 Å². The summed E-state index contributed by atoms with van der Waals surface area (Å²) in [6.07, 6.45) is -13.5. The Bertz CT molecular complexity index is 2660. The van der Waals surface area contributed by atoms with Crippen LogP contribution in [0.5, 0.6) is 0 Å². The summed E-state index contributed by atoms with van der Waals surface area (Å²) in [6.45, 7) is 13.5. The Morgan fingerprint density at radius 1 is 0.439 bits per heavy atom. The molecule has 0 aromatic heterocycles. The molecule has 82 heavy (non-hydrogen) atoms. The minimum absolute atomic E-state index is 0.0751. The zero-order chi connectivity index (χ0) is 58.3. The first-order valence-corrected chi connectivity index (χ1v) is 27.9. The van der Waals surface area contributed by atoms with E-state index in [9.17, 15) is 9.59 Å². The summed E-state index contributed by atoms with van der Waals surface area (Å²) < 4.78 is 123. The molecule has 0 spiro atoms. The molecule has 3 aromatic carbocycles. The number of esters is 3. The first kappa shape index (κ1) is 60.5. The molecule has 15 atom stereocenters. The Balaban J connectivity index is 1.05. The van der Waals surface area contributed by atoms with Gasteiger partial charge in [-0.1, -0.05) is 91.0 Å². The molecular formula is C60H78O22. The number of benzene rings is 3. The van der Waals surface area contributed by atoms with Gasteiger partial charge in [-0.15, -0.1) is 0 Å². The third-order valence-electron chi connectivity index (χ3n) is 15.5. The van der Waals surface area contributed by atoms with Crippen LogP contribution in [0.25, 0.3) is 0 Å². The predicted molar refractivity (Wildman–Crippen MR) is 282 cm³/mol. The summed E-state index contributed by atoms with van der Waals surface area (Å²) in [5.74, 6) is -14.2. The Morgan fingerprint density at radius 2 is 0.817 bits per heavy atom. The number of methoxy groups -OCH3 is 3. The molecule has 0 radical (unpaired) electrons. The van der Waals surface area contributed by atoms with Crippen LogP contribution in [0.4, 0.5) is 0 Å². The molecule has 10 rings (SSSR count). The smallest absolute Gasteiger partial charge is 0.367 e. The van der Waals surface area contributed by atoms with E-state index in [4.69, 9.17) is 90.0 Å². The second-order valence-electron chi connectivity index (χ2n) is 23.5. The summed E-state index contributed by atoms with van der Waals surface area (Å²) in [4.78, 5) is 44.5. The number of ether oxygens (including phenoxy) is 19. The van der Waals surface area contributed by atoms with Gasteiger partial charge in [-0.05, 0) is 72.1 Å². The van der Waals surface area contributed by atoms with Crippen LogP contribution in [0.15, 0.2) is 91.0 Å². The number of hydrogen-bond donors (Lipinski definition) is 0. The number of rotatable bonds is 21. The monoisotopic (exact) mass is 1150 g/mol. The van der Waals surface area contributed by atoms with Gasteiger partial charge >= 0.3 is 17.9 Å². The molecule has 22 heteroatoms. The van der Waals surface area contributed by atoms with Crippen molar-refractivity contribution < 1.29 is 104 Å². The van der Waals surface area contributed by atoms with E-state index in [1.165, 1.54) is 21.3 Å². The highest BCUT2D eigenvalue weighted by atomic mass is 16.8. The van der Waals surface area contributed by atoms with Gasteiger partial charge in [0.25, 0.3) is 17.4 Å². The highest BCUT2D eigenvalue weighted by molar-refractivity contribution is 5.79. The molecule has 7 heterocycles. The first-order valence-electron chi connectivity index (χ1n) is 27.9. The standard InChI is InChI=1S/C60H78O22/c1-54(2)70-35-44(74-54)50-47-41(73-57(7,8)79-47)29-60(82-50,52(62)65-10)76-43(34-68-31-37-23-17-13-18-24-37)49-46-40(72-56(5,6)78-46)28-59(81-49,51(61)64-9)75-42(33-67-30-36-21-15-12-16-22-36)48-45-39(71-55(3,4)77-45)27-58(66-11,80-48)53(63)69-32-38-25-19-14-20-26-38/h12-26,39-50H,27-35H2,1-11H3/t39-,40-,41-,42-,43-,44-,45-,46-,47-,48-,49-,50-,58+,59+,60+/m1/s1. The lowest BCUT2D eigenvalue weighted by molar-refractivity contribution is -0.375. The molecule has 0 bridgehead atoms. The van der Waals surface area contributed by atoms with Crippen molar-refractivity contribution >= 4 is 17.9 Å². The van der Waals surface area contributed by atoms with E-state index >= 15 is 4.79 Å². The van der Waals surface area contributed by atoms with Gasteiger partial charge in [0.1, 0.15) is 61.5 Å². The lowest BCUT2D eigenvalue weighted by Crippen LogP contribution is -2.68. The van der Waals surface area contributed by atoms with Crippen LogP contribution in [0.3, 0.4) is 0 Å². The fourth-order valence-corrected chi connectivity index (χ4v) is 12.1. The van der Waals surface area contributed by atoms with E-state index in [-0.39, 0.29) is 58.9 Å². The second-order valence-corrected chi connectivity index (χ2v) is 23.5. The minimum Gasteiger partial charge on any atom is -0.465 e. The zero-order valence-electron chi connectivity index (χ0n) is 48.4. The van der Waals surface area contributed by atoms with E-state index in [1.807, 2.05) is 91.0 Å². The number of hydrogen-bond acceptors (Lipinski definition) is 22. The van der Waals surface area contributed by atoms with Gasteiger partial charge in [0.2, 0.25) is 0 Å². The molecule has 0 amide bonds. The molecule has 3 aromatic rings. The molecular weight excluding hydrogens is 1070 g/mol. The van der Waals surface area contributed by atoms with Crippen molar-refractivity contribution in [1.82, 2.24) is 0 Å². The van der Waals surface area contributed by atoms with E-state index < -0.39 is 132 Å². The fraction of sp³-hybridized carbons (Fsp3) is 0.650. The van der Waals surface area contributed by atoms with Gasteiger partial charge in [-0.3, -0.25) is 0 Å². The average Bonchev–Trinajstić information content (AvgIpc) is 2.57. The SMILES string of the molecule is COC(=O)[C@]1(O[C@H](COCc2ccccc2)[C@H]2O[C@](OC)(C(=O)OCc3ccccc3)C[C@H]3OC(C)(C)O[C@@H]23)C[C@H]2OC(C)(C)O[C@H]2[C@@H]([C@@H](COCc2ccccc2)O[C@@]2(C(=O)OC)C[C@H]3OC(C)(C)O[C@H]3[C@@H]([C@H]3COC(C)(C)O3)O2)O1. The molecule has 450 valence electrons. The van der Waals surface area contributed by atoms with Crippen molar-refractivity contribution in [2.45, 2.75) is 208 Å². The molecule has 7 aliphatic rings. The summed E-state index contributed by atoms with van der Waals surface area (Å²) in [6, 6.07) is 28.0. The van der Waals surface area contributed by atoms with Crippen LogP contribution in [0.1, 0.15) is 91.3 Å². The topological polar surface area (TPSA) is 227 Å². The fourth-order valence-electron chi connectivity index (χ4n) is 12.1. The van der Waals surface area contributed by atoms with Crippen molar-refractivity contribution in [2.24, 2.45) is 0 Å². The maximum absolute atomic E-state index is 15.2. The zero-order valence-corrected chi connectivity index (χ0v) is 48.4. The van der Waals surface area contributed by atoms with Crippen molar-refractivity contribution in [3.05, 3.63) is 108 Å². The summed E-state index contributed by atoms with van der Waals surface area (Å²) >= 11 is 0. The van der Waals surface area contributed by atoms with Crippen LogP contribution in [-0.4, -0.2) is 173 Å². The van der Waals surface area contributed by atoms with Crippen molar-refractivity contribution in [3.8, 4) is 0 Å². The van der Waals surface area contributed by atoms with Crippen LogP contribution < -0.4 is 0 Å². The Morgan fingerprint density at radius 3 is 1.24 bits per heavy atom. The predicted octanol–water partition coefficient (Wildman–Crippen LogP) is 6.09. The lowest BCUT2D eigenvalue weighted by Gasteiger charge is -2.50. The van der Waals surface area contributed by atoms with Gasteiger partial charge in [-0.2, -0.15) is 0 Å². The van der Waals surface area contributed by atoms with Crippen molar-refractivity contribution in [3.63, 3.8) is 0 Å². The van der Waals surface area contributed by atoms with Gasteiger partial charge in [0.15, 0.2) is 23.1 Å². The summed E-state index contributed by atoms with van der Waals surface area (Å²) in [5, 5.41) is 0. The number of fused-ring (bicyclic) bond motifs is 3. The Kier molecular flexibility index (Phi) is 17.8. The quantitative estimate of drug-likeness (QED) is 0.0868. The third kappa shape index (κ3) is 13.1. The lowest BCUT2D eigenvalue weighted by atomic mass is 9.90. The minimum atomic E-state index is -2.45. The molecule has 22 nitrogen and oxygen atoms in total. The Labute approximate surface area is 477 Å². The number of carbonyl (C=O) groups is 3. The van der Waals surface area contributed by atoms with Crippen LogP contribution >= 0.6 is 0 Å². The first-order chi connectivity index (χ1) is 39.0. The van der Waals surface area contributed by atoms with Crippen LogP contribution in [0.2, 0.25) is 0 Å². The van der Waals surface area contributed by atoms with Gasteiger partial charge in [0, 0.05) is 26.4 Å². The molecule has 7 saturated heterocycles. The van der Waals surface area contributed by atoms with Gasteiger partial charge in [-0.25, -0.2) is 14.4 Å². The van der Waals surface area contributed by atoms with E-state index in [2.05, 4.69) is 0 Å². The maximum atomic E-state index is 15.2. The van der Waals surface area contributed by atoms with Crippen molar-refractivity contribution in [1.29, 1.82) is 0 Å². The number of carbonyl (C=O) groups excluding carboxylic acids is 3. The highest BCUT2D eigenvalue weighted by Gasteiger charge is 2.68. The maximum Gasteiger partial charge on any atom is 0.367 e. The molecule has 0 N–H and O–H groups in total. The largest absolute Gasteiger partial charge is 0.465 e. The average molecular weight is 1150 g/mol. The second kappa shape index (κ2) is 24.1. The van der Waals surface area contributed by atoms with Crippen molar-refractivity contribution in [2.75, 3.05) is 41.2 Å². The van der Waals surface area contributed by atoms with E-state index in [0.29, 0.717) is 0 Å². The molecule has 0 saturated carbocycles. The Hall–Kier alpha value is -4.57. The van der Waals surface area contributed by atoms with E-state index in [0.717, 1.165) is 16.7 Å². The summed E-state index contributed by atoms with van der Waals surface area (Å²) in [7, 11) is 3.73. The summed E-state index contributed by atoms with van der Waals surface area (Å²) in [5.41, 5.74) is 2.36. The molecule has 7 aliphatic heterocycles. The van der Waals surface area contributed by atoms with Gasteiger partial charge in [0.05, 0.1) is 65.6 Å². The van der Waals surface area contributed by atoms with E-state index in [1.54, 1.807) is 55.4 Å².